The Labute approximate surface area is 96.6 Å². The average Bonchev–Trinajstić information content (AvgIpc) is 2.34. The van der Waals surface area contributed by atoms with Crippen LogP contribution >= 0.6 is 0 Å². The predicted octanol–water partition coefficient (Wildman–Crippen LogP) is 2.40. The number of Topliss-reactive ketones (excluding diaryl/α,β-unsaturated/α-hetero) is 1. The number of nitrogens with two attached hydrogens (primary N) is 1. The molecule has 3 heteroatoms. The van der Waals surface area contributed by atoms with Gasteiger partial charge in [-0.1, -0.05) is 26.0 Å². The van der Waals surface area contributed by atoms with Crippen molar-refractivity contribution in [2.45, 2.75) is 32.7 Å². The summed E-state index contributed by atoms with van der Waals surface area (Å²) in [6.07, 6.45) is 1.56. The van der Waals surface area contributed by atoms with Crippen molar-refractivity contribution in [3.63, 3.8) is 0 Å². The lowest BCUT2D eigenvalue weighted by Gasteiger charge is -2.12. The standard InChI is InChI=1S/C13H19NO2/c1-3-9-16-12-8-6-5-7-10(12)13(15)11(14)4-2/h5-8,11H,3-4,9,14H2,1-2H3. The minimum absolute atomic E-state index is 0.0470. The third-order valence-electron chi connectivity index (χ3n) is 2.39. The van der Waals surface area contributed by atoms with Gasteiger partial charge in [-0.05, 0) is 25.0 Å². The van der Waals surface area contributed by atoms with E-state index in [1.54, 1.807) is 6.07 Å². The second-order valence-corrected chi connectivity index (χ2v) is 3.72. The zero-order valence-corrected chi connectivity index (χ0v) is 9.90. The molecule has 0 saturated heterocycles. The van der Waals surface area contributed by atoms with Crippen LogP contribution in [0.3, 0.4) is 0 Å². The molecule has 0 heterocycles. The first kappa shape index (κ1) is 12.7. The normalized spacial score (nSPS) is 12.2. The van der Waals surface area contributed by atoms with E-state index >= 15 is 0 Å². The van der Waals surface area contributed by atoms with E-state index in [1.165, 1.54) is 0 Å². The maximum absolute atomic E-state index is 12.0. The molecule has 0 amide bonds. The fourth-order valence-electron chi connectivity index (χ4n) is 1.39. The van der Waals surface area contributed by atoms with Crippen molar-refractivity contribution in [2.75, 3.05) is 6.61 Å². The number of para-hydroxylation sites is 1. The van der Waals surface area contributed by atoms with E-state index in [0.29, 0.717) is 24.3 Å². The van der Waals surface area contributed by atoms with Gasteiger partial charge in [0.05, 0.1) is 18.2 Å². The SMILES string of the molecule is CCCOc1ccccc1C(=O)C(N)CC. The van der Waals surface area contributed by atoms with E-state index < -0.39 is 6.04 Å². The summed E-state index contributed by atoms with van der Waals surface area (Å²) in [5, 5.41) is 0. The Bertz CT molecular complexity index is 350. The molecule has 1 unspecified atom stereocenters. The summed E-state index contributed by atoms with van der Waals surface area (Å²) in [5.74, 6) is 0.590. The van der Waals surface area contributed by atoms with Crippen LogP contribution in [0.2, 0.25) is 0 Å². The van der Waals surface area contributed by atoms with Crippen LogP contribution in [0.5, 0.6) is 5.75 Å². The fourth-order valence-corrected chi connectivity index (χ4v) is 1.39. The van der Waals surface area contributed by atoms with E-state index in [-0.39, 0.29) is 5.78 Å². The molecule has 1 atom stereocenters. The number of hydrogen-bond donors (Lipinski definition) is 1. The van der Waals surface area contributed by atoms with Gasteiger partial charge in [-0.15, -0.1) is 0 Å². The van der Waals surface area contributed by atoms with Crippen LogP contribution in [0.4, 0.5) is 0 Å². The number of rotatable bonds is 6. The van der Waals surface area contributed by atoms with Crippen LogP contribution in [0.25, 0.3) is 0 Å². The van der Waals surface area contributed by atoms with E-state index in [0.717, 1.165) is 6.42 Å². The number of ketones is 1. The molecular weight excluding hydrogens is 202 g/mol. The highest BCUT2D eigenvalue weighted by molar-refractivity contribution is 6.02. The van der Waals surface area contributed by atoms with Crippen molar-refractivity contribution in [1.82, 2.24) is 0 Å². The van der Waals surface area contributed by atoms with Gasteiger partial charge in [0.1, 0.15) is 5.75 Å². The first-order valence-electron chi connectivity index (χ1n) is 5.72. The second-order valence-electron chi connectivity index (χ2n) is 3.72. The molecular formula is C13H19NO2. The highest BCUT2D eigenvalue weighted by Crippen LogP contribution is 2.20. The van der Waals surface area contributed by atoms with E-state index in [1.807, 2.05) is 32.0 Å². The minimum Gasteiger partial charge on any atom is -0.493 e. The van der Waals surface area contributed by atoms with Gasteiger partial charge in [-0.3, -0.25) is 4.79 Å². The van der Waals surface area contributed by atoms with E-state index in [9.17, 15) is 4.79 Å². The van der Waals surface area contributed by atoms with Crippen molar-refractivity contribution in [3.8, 4) is 5.75 Å². The predicted molar refractivity (Wildman–Crippen MR) is 64.8 cm³/mol. The number of carbonyl (C=O) groups excluding carboxylic acids is 1. The van der Waals surface area contributed by atoms with Gasteiger partial charge in [0.15, 0.2) is 5.78 Å². The lowest BCUT2D eigenvalue weighted by atomic mass is 10.0. The number of carbonyl (C=O) groups is 1. The molecule has 1 aromatic carbocycles. The Morgan fingerprint density at radius 3 is 2.69 bits per heavy atom. The van der Waals surface area contributed by atoms with Crippen LogP contribution in [-0.2, 0) is 0 Å². The van der Waals surface area contributed by atoms with Crippen LogP contribution in [-0.4, -0.2) is 18.4 Å². The van der Waals surface area contributed by atoms with Gasteiger partial charge < -0.3 is 10.5 Å². The minimum atomic E-state index is -0.439. The maximum atomic E-state index is 12.0. The van der Waals surface area contributed by atoms with E-state index in [2.05, 4.69) is 0 Å². The molecule has 0 aliphatic heterocycles. The molecule has 0 bridgehead atoms. The van der Waals surface area contributed by atoms with Crippen LogP contribution in [0.15, 0.2) is 24.3 Å². The van der Waals surface area contributed by atoms with Gasteiger partial charge in [-0.2, -0.15) is 0 Å². The topological polar surface area (TPSA) is 52.3 Å². The average molecular weight is 221 g/mol. The fraction of sp³-hybridized carbons (Fsp3) is 0.462. The molecule has 0 spiro atoms. The molecule has 1 aromatic rings. The van der Waals surface area contributed by atoms with Gasteiger partial charge in [-0.25, -0.2) is 0 Å². The quantitative estimate of drug-likeness (QED) is 0.750. The Morgan fingerprint density at radius 1 is 1.38 bits per heavy atom. The second kappa shape index (κ2) is 6.28. The third kappa shape index (κ3) is 3.07. The molecule has 0 aliphatic rings. The van der Waals surface area contributed by atoms with Crippen LogP contribution in [0.1, 0.15) is 37.0 Å². The van der Waals surface area contributed by atoms with Crippen molar-refractivity contribution in [2.24, 2.45) is 5.73 Å². The molecule has 0 radical (unpaired) electrons. The van der Waals surface area contributed by atoms with Crippen molar-refractivity contribution in [3.05, 3.63) is 29.8 Å². The number of benzene rings is 1. The lowest BCUT2D eigenvalue weighted by Crippen LogP contribution is -2.29. The molecule has 0 aliphatic carbocycles. The van der Waals surface area contributed by atoms with Crippen molar-refractivity contribution >= 4 is 5.78 Å². The summed E-state index contributed by atoms with van der Waals surface area (Å²) < 4.78 is 5.53. The van der Waals surface area contributed by atoms with Crippen molar-refractivity contribution in [1.29, 1.82) is 0 Å². The smallest absolute Gasteiger partial charge is 0.183 e. The summed E-state index contributed by atoms with van der Waals surface area (Å²) in [5.41, 5.74) is 6.33. The maximum Gasteiger partial charge on any atom is 0.183 e. The van der Waals surface area contributed by atoms with E-state index in [4.69, 9.17) is 10.5 Å². The molecule has 2 N–H and O–H groups in total. The van der Waals surface area contributed by atoms with Crippen LogP contribution < -0.4 is 10.5 Å². The molecule has 88 valence electrons. The largest absolute Gasteiger partial charge is 0.493 e. The Morgan fingerprint density at radius 2 is 2.06 bits per heavy atom. The highest BCUT2D eigenvalue weighted by Gasteiger charge is 2.17. The summed E-state index contributed by atoms with van der Waals surface area (Å²) in [6.45, 7) is 4.55. The van der Waals surface area contributed by atoms with Gasteiger partial charge in [0, 0.05) is 0 Å². The monoisotopic (exact) mass is 221 g/mol. The zero-order valence-electron chi connectivity index (χ0n) is 9.90. The molecule has 3 nitrogen and oxygen atoms in total. The summed E-state index contributed by atoms with van der Waals surface area (Å²) in [4.78, 5) is 12.0. The highest BCUT2D eigenvalue weighted by atomic mass is 16.5. The first-order valence-corrected chi connectivity index (χ1v) is 5.72. The lowest BCUT2D eigenvalue weighted by molar-refractivity contribution is 0.0955. The van der Waals surface area contributed by atoms with Crippen LogP contribution in [0, 0.1) is 0 Å². The zero-order chi connectivity index (χ0) is 12.0. The number of hydrogen-bond acceptors (Lipinski definition) is 3. The van der Waals surface area contributed by atoms with Gasteiger partial charge in [0.2, 0.25) is 0 Å². The van der Waals surface area contributed by atoms with Gasteiger partial charge >= 0.3 is 0 Å². The molecule has 0 aromatic heterocycles. The summed E-state index contributed by atoms with van der Waals surface area (Å²) in [6, 6.07) is 6.83. The Hall–Kier alpha value is -1.35. The first-order chi connectivity index (χ1) is 7.70. The molecule has 16 heavy (non-hydrogen) atoms. The third-order valence-corrected chi connectivity index (χ3v) is 2.39. The number of ether oxygens (including phenoxy) is 1. The Balaban J connectivity index is 2.89. The molecule has 1 rings (SSSR count). The Kier molecular flexibility index (Phi) is 4.99. The molecule has 0 saturated carbocycles. The summed E-state index contributed by atoms with van der Waals surface area (Å²) >= 11 is 0. The van der Waals surface area contributed by atoms with Crippen molar-refractivity contribution < 1.29 is 9.53 Å². The summed E-state index contributed by atoms with van der Waals surface area (Å²) in [7, 11) is 0. The van der Waals surface area contributed by atoms with Gasteiger partial charge in [0.25, 0.3) is 0 Å². The molecule has 0 fully saturated rings.